The Labute approximate surface area is 162 Å². The Kier molecular flexibility index (Phi) is 4.60. The zero-order valence-electron chi connectivity index (χ0n) is 15.0. The van der Waals surface area contributed by atoms with Gasteiger partial charge in [0, 0.05) is 5.92 Å². The molecule has 4 rings (SSSR count). The molecule has 150 valence electrons. The summed E-state index contributed by atoms with van der Waals surface area (Å²) in [7, 11) is 0. The van der Waals surface area contributed by atoms with Crippen LogP contribution >= 0.6 is 0 Å². The van der Waals surface area contributed by atoms with E-state index in [-0.39, 0.29) is 29.1 Å². The molecular weight excluding hydrogens is 390 g/mol. The zero-order valence-corrected chi connectivity index (χ0v) is 15.0. The largest absolute Gasteiger partial charge is 0.416 e. The lowest BCUT2D eigenvalue weighted by atomic mass is 10.1. The van der Waals surface area contributed by atoms with E-state index in [1.54, 1.807) is 6.07 Å². The molecule has 3 aromatic rings. The van der Waals surface area contributed by atoms with E-state index in [1.807, 2.05) is 0 Å². The Bertz CT molecular complexity index is 1170. The molecule has 1 saturated carbocycles. The molecule has 1 aromatic heterocycles. The van der Waals surface area contributed by atoms with Crippen molar-refractivity contribution in [2.75, 3.05) is 5.43 Å². The molecule has 9 heteroatoms. The number of benzene rings is 2. The van der Waals surface area contributed by atoms with Crippen LogP contribution in [-0.4, -0.2) is 15.6 Å². The van der Waals surface area contributed by atoms with Gasteiger partial charge in [0.2, 0.25) is 5.91 Å². The second kappa shape index (κ2) is 6.98. The molecule has 0 bridgehead atoms. The maximum Gasteiger partial charge on any atom is 0.416 e. The minimum absolute atomic E-state index is 0.0338. The van der Waals surface area contributed by atoms with Gasteiger partial charge < -0.3 is 0 Å². The summed E-state index contributed by atoms with van der Waals surface area (Å²) in [6, 6.07) is 8.20. The molecule has 1 aliphatic rings. The van der Waals surface area contributed by atoms with Crippen LogP contribution in [-0.2, 0) is 17.4 Å². The summed E-state index contributed by atoms with van der Waals surface area (Å²) in [5.41, 5.74) is 1.27. The van der Waals surface area contributed by atoms with Crippen molar-refractivity contribution < 1.29 is 22.4 Å². The normalized spacial score (nSPS) is 14.2. The third kappa shape index (κ3) is 3.98. The minimum atomic E-state index is -4.55. The number of carbonyl (C=O) groups is 1. The number of alkyl halides is 3. The number of rotatable bonds is 4. The van der Waals surface area contributed by atoms with Crippen LogP contribution in [0.2, 0.25) is 0 Å². The quantitative estimate of drug-likeness (QED) is 0.673. The average molecular weight is 405 g/mol. The van der Waals surface area contributed by atoms with Crippen LogP contribution in [0, 0.1) is 5.82 Å². The molecule has 0 aliphatic heterocycles. The smallest absolute Gasteiger partial charge is 0.273 e. The topological polar surface area (TPSA) is 64.0 Å². The summed E-state index contributed by atoms with van der Waals surface area (Å²) in [6.45, 7) is 0. The molecular formula is C20H15F4N3O2. The lowest BCUT2D eigenvalue weighted by molar-refractivity contribution is -0.137. The van der Waals surface area contributed by atoms with Crippen molar-refractivity contribution in [1.29, 1.82) is 0 Å². The lowest BCUT2D eigenvalue weighted by Crippen LogP contribution is -2.37. The van der Waals surface area contributed by atoms with E-state index in [4.69, 9.17) is 0 Å². The van der Waals surface area contributed by atoms with E-state index in [0.29, 0.717) is 5.56 Å². The number of hydrogen-bond donors (Lipinski definition) is 1. The van der Waals surface area contributed by atoms with Crippen molar-refractivity contribution in [2.45, 2.75) is 31.4 Å². The molecule has 0 atom stereocenters. The highest BCUT2D eigenvalue weighted by Gasteiger charge is 2.33. The first-order valence-electron chi connectivity index (χ1n) is 8.90. The first kappa shape index (κ1) is 19.1. The van der Waals surface area contributed by atoms with Crippen LogP contribution in [0.5, 0.6) is 0 Å². The average Bonchev–Trinajstić information content (AvgIpc) is 3.48. The fraction of sp³-hybridized carbons (Fsp3) is 0.250. The van der Waals surface area contributed by atoms with E-state index in [1.165, 1.54) is 18.2 Å². The molecule has 1 aliphatic carbocycles. The van der Waals surface area contributed by atoms with Crippen molar-refractivity contribution in [1.82, 2.24) is 9.66 Å². The monoisotopic (exact) mass is 405 g/mol. The molecule has 2 aromatic carbocycles. The van der Waals surface area contributed by atoms with Crippen molar-refractivity contribution in [3.05, 3.63) is 75.6 Å². The van der Waals surface area contributed by atoms with Crippen LogP contribution in [0.4, 0.5) is 17.6 Å². The van der Waals surface area contributed by atoms with Gasteiger partial charge in [-0.25, -0.2) is 14.1 Å². The van der Waals surface area contributed by atoms with E-state index in [2.05, 4.69) is 10.4 Å². The molecule has 0 saturated heterocycles. The van der Waals surface area contributed by atoms with Crippen molar-refractivity contribution in [2.24, 2.45) is 0 Å². The van der Waals surface area contributed by atoms with Gasteiger partial charge in [-0.05, 0) is 48.7 Å². The van der Waals surface area contributed by atoms with Crippen molar-refractivity contribution >= 4 is 16.8 Å². The number of amides is 1. The number of nitrogens with one attached hydrogen (secondary N) is 1. The zero-order chi connectivity index (χ0) is 20.8. The predicted octanol–water partition coefficient (Wildman–Crippen LogP) is 3.74. The summed E-state index contributed by atoms with van der Waals surface area (Å²) >= 11 is 0. The molecule has 0 spiro atoms. The second-order valence-electron chi connectivity index (χ2n) is 6.96. The van der Waals surface area contributed by atoms with E-state index < -0.39 is 29.0 Å². The summed E-state index contributed by atoms with van der Waals surface area (Å²) in [5.74, 6) is -0.947. The van der Waals surface area contributed by atoms with Gasteiger partial charge in [0.05, 0.1) is 22.9 Å². The molecule has 1 fully saturated rings. The standard InChI is InChI=1S/C20H15F4N3O2/c21-14-3-1-2-11(8-14)9-17(28)26-27-18(12-4-5-12)25-16-10-13(20(22,23)24)6-7-15(16)19(27)29/h1-3,6-8,10,12H,4-5,9H2,(H,26,28). The highest BCUT2D eigenvalue weighted by molar-refractivity contribution is 5.86. The van der Waals surface area contributed by atoms with Crippen LogP contribution in [0.1, 0.15) is 35.7 Å². The SMILES string of the molecule is O=C(Cc1cccc(F)c1)Nn1c(C2CC2)nc2cc(C(F)(F)F)ccc2c1=O. The Hall–Kier alpha value is -3.23. The Balaban J connectivity index is 1.71. The van der Waals surface area contributed by atoms with Crippen LogP contribution in [0.15, 0.2) is 47.3 Å². The fourth-order valence-corrected chi connectivity index (χ4v) is 3.10. The van der Waals surface area contributed by atoms with E-state index in [9.17, 15) is 27.2 Å². The van der Waals surface area contributed by atoms with Gasteiger partial charge in [-0.3, -0.25) is 15.0 Å². The molecule has 5 nitrogen and oxygen atoms in total. The first-order chi connectivity index (χ1) is 13.7. The molecule has 0 unspecified atom stereocenters. The fourth-order valence-electron chi connectivity index (χ4n) is 3.10. The lowest BCUT2D eigenvalue weighted by Gasteiger charge is -2.15. The van der Waals surface area contributed by atoms with Crippen molar-refractivity contribution in [3.8, 4) is 0 Å². The maximum atomic E-state index is 13.3. The summed E-state index contributed by atoms with van der Waals surface area (Å²) in [6.07, 6.45) is -3.28. The van der Waals surface area contributed by atoms with Gasteiger partial charge in [-0.15, -0.1) is 0 Å². The van der Waals surface area contributed by atoms with E-state index in [0.717, 1.165) is 35.7 Å². The third-order valence-corrected chi connectivity index (χ3v) is 4.66. The van der Waals surface area contributed by atoms with Crippen LogP contribution in [0.25, 0.3) is 10.9 Å². The molecule has 1 amide bonds. The maximum absolute atomic E-state index is 13.3. The second-order valence-corrected chi connectivity index (χ2v) is 6.96. The molecule has 29 heavy (non-hydrogen) atoms. The predicted molar refractivity (Wildman–Crippen MR) is 97.5 cm³/mol. The van der Waals surface area contributed by atoms with Gasteiger partial charge in [0.15, 0.2) is 0 Å². The highest BCUT2D eigenvalue weighted by Crippen LogP contribution is 2.39. The van der Waals surface area contributed by atoms with E-state index >= 15 is 0 Å². The third-order valence-electron chi connectivity index (χ3n) is 4.66. The highest BCUT2D eigenvalue weighted by atomic mass is 19.4. The number of halogens is 4. The molecule has 1 heterocycles. The Morgan fingerprint density at radius 2 is 1.93 bits per heavy atom. The van der Waals surface area contributed by atoms with Gasteiger partial charge in [0.1, 0.15) is 11.6 Å². The number of nitrogens with zero attached hydrogens (tertiary/aromatic N) is 2. The summed E-state index contributed by atoms with van der Waals surface area (Å²) in [5, 5.41) is -0.0338. The number of aromatic nitrogens is 2. The summed E-state index contributed by atoms with van der Waals surface area (Å²) < 4.78 is 53.2. The van der Waals surface area contributed by atoms with Gasteiger partial charge in [-0.2, -0.15) is 13.2 Å². The van der Waals surface area contributed by atoms with Crippen LogP contribution < -0.4 is 11.0 Å². The molecule has 1 N–H and O–H groups in total. The number of fused-ring (bicyclic) bond motifs is 1. The van der Waals surface area contributed by atoms with Gasteiger partial charge >= 0.3 is 6.18 Å². The minimum Gasteiger partial charge on any atom is -0.273 e. The Morgan fingerprint density at radius 1 is 1.17 bits per heavy atom. The number of carbonyl (C=O) groups excluding carboxylic acids is 1. The van der Waals surface area contributed by atoms with Gasteiger partial charge in [0.25, 0.3) is 5.56 Å². The Morgan fingerprint density at radius 3 is 2.59 bits per heavy atom. The van der Waals surface area contributed by atoms with Gasteiger partial charge in [-0.1, -0.05) is 12.1 Å². The summed E-state index contributed by atoms with van der Waals surface area (Å²) in [4.78, 5) is 29.5. The van der Waals surface area contributed by atoms with Crippen LogP contribution in [0.3, 0.4) is 0 Å². The first-order valence-corrected chi connectivity index (χ1v) is 8.90. The molecule has 0 radical (unpaired) electrons. The van der Waals surface area contributed by atoms with Crippen molar-refractivity contribution in [3.63, 3.8) is 0 Å². The number of hydrogen-bond acceptors (Lipinski definition) is 3.